The van der Waals surface area contributed by atoms with Crippen LogP contribution in [-0.4, -0.2) is 33.7 Å². The number of anilines is 2. The predicted molar refractivity (Wildman–Crippen MR) is 138 cm³/mol. The molecule has 5 N–H and O–H groups in total. The Bertz CT molecular complexity index is 1530. The van der Waals surface area contributed by atoms with Crippen molar-refractivity contribution in [2.45, 2.75) is 57.0 Å². The van der Waals surface area contributed by atoms with Gasteiger partial charge in [0.05, 0.1) is 28.0 Å². The molecule has 0 bridgehead atoms. The smallest absolute Gasteiger partial charge is 0.294 e. The lowest BCUT2D eigenvalue weighted by molar-refractivity contribution is 0.668. The zero-order chi connectivity index (χ0) is 25.4. The van der Waals surface area contributed by atoms with Crippen LogP contribution in [-0.2, 0) is 24.1 Å². The minimum atomic E-state index is -1.54. The van der Waals surface area contributed by atoms with E-state index in [1.807, 2.05) is 26.0 Å². The Morgan fingerprint density at radius 3 is 2.56 bits per heavy atom. The second-order valence-electron chi connectivity index (χ2n) is 8.82. The summed E-state index contributed by atoms with van der Waals surface area (Å²) in [5.41, 5.74) is 9.85. The molecule has 0 saturated heterocycles. The van der Waals surface area contributed by atoms with E-state index >= 15 is 0 Å². The molecule has 1 aromatic carbocycles. The summed E-state index contributed by atoms with van der Waals surface area (Å²) >= 11 is 0. The second kappa shape index (κ2) is 9.70. The number of nitrogens with zero attached hydrogens (tertiary/aromatic N) is 6. The maximum atomic E-state index is 13.4. The summed E-state index contributed by atoms with van der Waals surface area (Å²) in [5, 5.41) is 8.54. The lowest BCUT2D eigenvalue weighted by atomic mass is 10.1. The van der Waals surface area contributed by atoms with Crippen LogP contribution in [0.1, 0.15) is 49.1 Å². The van der Waals surface area contributed by atoms with Gasteiger partial charge in [-0.05, 0) is 43.9 Å². The molecule has 0 amide bonds. The number of nitrogens with one attached hydrogen (secondary N) is 1. The molecule has 1 atom stereocenters. The maximum Gasteiger partial charge on any atom is 0.294 e. The first-order chi connectivity index (χ1) is 17.4. The van der Waals surface area contributed by atoms with Gasteiger partial charge in [-0.3, -0.25) is 9.36 Å². The van der Waals surface area contributed by atoms with Gasteiger partial charge in [0.25, 0.3) is 5.56 Å². The van der Waals surface area contributed by atoms with E-state index in [9.17, 15) is 9.00 Å². The number of nitrogens with two attached hydrogens (primary N) is 2. The van der Waals surface area contributed by atoms with Crippen molar-refractivity contribution in [3.8, 4) is 11.4 Å². The number of fused-ring (bicyclic) bond motifs is 1. The van der Waals surface area contributed by atoms with Crippen molar-refractivity contribution in [1.29, 1.82) is 0 Å². The van der Waals surface area contributed by atoms with Crippen molar-refractivity contribution < 1.29 is 4.21 Å². The van der Waals surface area contributed by atoms with Crippen LogP contribution in [0.2, 0.25) is 0 Å². The van der Waals surface area contributed by atoms with E-state index < -0.39 is 11.0 Å². The average molecular weight is 506 g/mol. The Morgan fingerprint density at radius 2 is 1.89 bits per heavy atom. The van der Waals surface area contributed by atoms with E-state index in [1.165, 1.54) is 0 Å². The van der Waals surface area contributed by atoms with Gasteiger partial charge in [-0.15, -0.1) is 0 Å². The molecule has 1 aliphatic carbocycles. The summed E-state index contributed by atoms with van der Waals surface area (Å²) in [5.74, 6) is 1.24. The van der Waals surface area contributed by atoms with Gasteiger partial charge >= 0.3 is 0 Å². The molecule has 186 valence electrons. The molecule has 3 heterocycles. The maximum absolute atomic E-state index is 13.4. The van der Waals surface area contributed by atoms with Gasteiger partial charge in [0.15, 0.2) is 17.3 Å². The lowest BCUT2D eigenvalue weighted by Gasteiger charge is -2.14. The molecular formula is C24H27N9O2S. The third-order valence-corrected chi connectivity index (χ3v) is 6.81. The molecular weight excluding hydrogens is 478 g/mol. The molecule has 5 rings (SSSR count). The summed E-state index contributed by atoms with van der Waals surface area (Å²) in [6.45, 7) is 4.71. The van der Waals surface area contributed by atoms with Gasteiger partial charge in [0.1, 0.15) is 16.5 Å². The van der Waals surface area contributed by atoms with Crippen LogP contribution < -0.4 is 21.7 Å². The highest BCUT2D eigenvalue weighted by molar-refractivity contribution is 7.82. The number of aryl methyl sites for hydroxylation is 2. The second-order valence-corrected chi connectivity index (χ2v) is 9.88. The molecule has 12 heteroatoms. The fourth-order valence-electron chi connectivity index (χ4n) is 4.18. The number of nitrogen functional groups attached to an aromatic ring is 1. The molecule has 1 fully saturated rings. The van der Waals surface area contributed by atoms with Crippen LogP contribution in [0.15, 0.2) is 40.2 Å². The summed E-state index contributed by atoms with van der Waals surface area (Å²) in [6, 6.07) is 7.01. The molecule has 4 aromatic rings. The highest BCUT2D eigenvalue weighted by Gasteiger charge is 2.31. The SMILES string of the molecule is CCCn1c(=O)c(NCc2ccc(S(N)=O)cc2)nc2cnc(-c3c(C)nc(N)nc3C3CC3)nc21. The number of hydrogen-bond donors (Lipinski definition) is 3. The van der Waals surface area contributed by atoms with Crippen molar-refractivity contribution in [3.63, 3.8) is 0 Å². The monoisotopic (exact) mass is 505 g/mol. The molecule has 1 aliphatic rings. The molecule has 0 spiro atoms. The van der Waals surface area contributed by atoms with E-state index in [0.29, 0.717) is 46.6 Å². The summed E-state index contributed by atoms with van der Waals surface area (Å²) in [4.78, 5) is 36.6. The highest BCUT2D eigenvalue weighted by atomic mass is 32.2. The Kier molecular flexibility index (Phi) is 6.46. The summed E-state index contributed by atoms with van der Waals surface area (Å²) in [6.07, 6.45) is 4.46. The van der Waals surface area contributed by atoms with Crippen molar-refractivity contribution in [2.24, 2.45) is 5.14 Å². The van der Waals surface area contributed by atoms with Crippen LogP contribution in [0.4, 0.5) is 11.8 Å². The molecule has 1 unspecified atom stereocenters. The molecule has 36 heavy (non-hydrogen) atoms. The van der Waals surface area contributed by atoms with E-state index in [2.05, 4.69) is 25.3 Å². The molecule has 3 aromatic heterocycles. The van der Waals surface area contributed by atoms with Gasteiger partial charge in [0.2, 0.25) is 5.95 Å². The first-order valence-corrected chi connectivity index (χ1v) is 13.0. The lowest BCUT2D eigenvalue weighted by Crippen LogP contribution is -2.26. The number of rotatable bonds is 8. The Hall–Kier alpha value is -3.77. The van der Waals surface area contributed by atoms with Gasteiger partial charge in [-0.25, -0.2) is 34.3 Å². The first kappa shape index (κ1) is 23.9. The van der Waals surface area contributed by atoms with Gasteiger partial charge < -0.3 is 11.1 Å². The Balaban J connectivity index is 1.53. The van der Waals surface area contributed by atoms with Crippen molar-refractivity contribution >= 4 is 33.9 Å². The van der Waals surface area contributed by atoms with E-state index in [4.69, 9.17) is 15.9 Å². The van der Waals surface area contributed by atoms with Crippen molar-refractivity contribution in [3.05, 3.63) is 57.8 Å². The minimum Gasteiger partial charge on any atom is -0.368 e. The van der Waals surface area contributed by atoms with Crippen LogP contribution in [0.5, 0.6) is 0 Å². The third-order valence-electron chi connectivity index (χ3n) is 6.07. The van der Waals surface area contributed by atoms with E-state index in [1.54, 1.807) is 22.9 Å². The average Bonchev–Trinajstić information content (AvgIpc) is 3.70. The Morgan fingerprint density at radius 1 is 1.14 bits per heavy atom. The minimum absolute atomic E-state index is 0.212. The molecule has 11 nitrogen and oxygen atoms in total. The zero-order valence-electron chi connectivity index (χ0n) is 20.1. The topological polar surface area (TPSA) is 168 Å². The zero-order valence-corrected chi connectivity index (χ0v) is 20.9. The van der Waals surface area contributed by atoms with Crippen molar-refractivity contribution in [2.75, 3.05) is 11.1 Å². The van der Waals surface area contributed by atoms with Crippen LogP contribution in [0, 0.1) is 6.92 Å². The van der Waals surface area contributed by atoms with Gasteiger partial charge in [-0.1, -0.05) is 19.1 Å². The van der Waals surface area contributed by atoms with Gasteiger partial charge in [0, 0.05) is 19.0 Å². The predicted octanol–water partition coefficient (Wildman–Crippen LogP) is 2.41. The van der Waals surface area contributed by atoms with Gasteiger partial charge in [-0.2, -0.15) is 0 Å². The number of hydrogen-bond acceptors (Lipinski definition) is 9. The molecule has 0 radical (unpaired) electrons. The first-order valence-electron chi connectivity index (χ1n) is 11.8. The third kappa shape index (κ3) is 4.69. The highest BCUT2D eigenvalue weighted by Crippen LogP contribution is 2.43. The van der Waals surface area contributed by atoms with E-state index in [-0.39, 0.29) is 17.3 Å². The molecule has 1 saturated carbocycles. The molecule has 0 aliphatic heterocycles. The largest absolute Gasteiger partial charge is 0.368 e. The number of benzene rings is 1. The van der Waals surface area contributed by atoms with Crippen LogP contribution >= 0.6 is 0 Å². The summed E-state index contributed by atoms with van der Waals surface area (Å²) in [7, 11) is -1.54. The van der Waals surface area contributed by atoms with E-state index in [0.717, 1.165) is 36.1 Å². The fraction of sp³-hybridized carbons (Fsp3) is 0.333. The van der Waals surface area contributed by atoms with Crippen LogP contribution in [0.3, 0.4) is 0 Å². The Labute approximate surface area is 210 Å². The van der Waals surface area contributed by atoms with Crippen LogP contribution in [0.25, 0.3) is 22.6 Å². The van der Waals surface area contributed by atoms with Crippen molar-refractivity contribution in [1.82, 2.24) is 29.5 Å². The standard InChI is InChI=1S/C24H27N9O2S/c1-3-10-33-22-17(30-21(23(33)34)27-11-14-4-8-16(9-5-14)36(26)35)12-28-20(32-22)18-13(2)29-24(25)31-19(18)15-6-7-15/h4-5,8-9,12,15H,3,6-7,10-11,26H2,1-2H3,(H,27,30)(H2,25,29,31). The normalized spacial score (nSPS) is 14.2. The number of aromatic nitrogens is 6. The quantitative estimate of drug-likeness (QED) is 0.326. The summed E-state index contributed by atoms with van der Waals surface area (Å²) < 4.78 is 13.0. The fourth-order valence-corrected chi connectivity index (χ4v) is 4.58.